The molecule has 0 saturated carbocycles. The summed E-state index contributed by atoms with van der Waals surface area (Å²) in [5, 5.41) is 0.153. The van der Waals surface area contributed by atoms with Gasteiger partial charge in [0.1, 0.15) is 17.5 Å². The zero-order chi connectivity index (χ0) is 21.5. The highest BCUT2D eigenvalue weighted by atomic mass is 32.2. The minimum Gasteiger partial charge on any atom is -0.352 e. The van der Waals surface area contributed by atoms with Crippen molar-refractivity contribution in [2.45, 2.75) is 11.6 Å². The summed E-state index contributed by atoms with van der Waals surface area (Å²) in [5.74, 6) is -1.95. The summed E-state index contributed by atoms with van der Waals surface area (Å²) in [6, 6.07) is 7.48. The van der Waals surface area contributed by atoms with Gasteiger partial charge in [0.15, 0.2) is 0 Å². The molecule has 0 spiro atoms. The normalized spacial score (nSPS) is 12.0. The summed E-state index contributed by atoms with van der Waals surface area (Å²) >= 11 is 0. The van der Waals surface area contributed by atoms with Gasteiger partial charge in [-0.05, 0) is 47.9 Å². The molecule has 30 heavy (non-hydrogen) atoms. The Morgan fingerprint density at radius 2 is 1.83 bits per heavy atom. The number of fused-ring (bicyclic) bond motifs is 1. The topological polar surface area (TPSA) is 79.8 Å². The minimum absolute atomic E-state index is 0.0333. The van der Waals surface area contributed by atoms with Gasteiger partial charge in [-0.1, -0.05) is 0 Å². The minimum atomic E-state index is -3.86. The number of aromatic amines is 1. The zero-order valence-corrected chi connectivity index (χ0v) is 16.6. The van der Waals surface area contributed by atoms with Gasteiger partial charge in [0.25, 0.3) is 10.0 Å². The predicted molar refractivity (Wildman–Crippen MR) is 106 cm³/mol. The molecule has 0 aliphatic rings. The van der Waals surface area contributed by atoms with Gasteiger partial charge in [-0.2, -0.15) is 0 Å². The number of aryl methyl sites for hydroxylation is 1. The van der Waals surface area contributed by atoms with Crippen LogP contribution < -0.4 is 4.72 Å². The molecule has 0 atom stereocenters. The van der Waals surface area contributed by atoms with Crippen LogP contribution in [0.25, 0.3) is 22.2 Å². The van der Waals surface area contributed by atoms with E-state index in [1.54, 1.807) is 7.05 Å². The van der Waals surface area contributed by atoms with Crippen molar-refractivity contribution in [1.82, 2.24) is 19.3 Å². The number of H-pyrrole nitrogens is 1. The lowest BCUT2D eigenvalue weighted by Crippen LogP contribution is -2.28. The van der Waals surface area contributed by atoms with Crippen molar-refractivity contribution in [3.63, 3.8) is 0 Å². The Bertz CT molecular complexity index is 1330. The van der Waals surface area contributed by atoms with Crippen LogP contribution >= 0.6 is 0 Å². The molecule has 156 valence electrons. The monoisotopic (exact) mass is 434 g/mol. The van der Waals surface area contributed by atoms with Gasteiger partial charge in [0.05, 0.1) is 5.52 Å². The van der Waals surface area contributed by atoms with Crippen LogP contribution in [0.3, 0.4) is 0 Å². The Morgan fingerprint density at radius 3 is 2.50 bits per heavy atom. The molecule has 0 amide bonds. The highest BCUT2D eigenvalue weighted by Crippen LogP contribution is 2.32. The molecule has 0 bridgehead atoms. The van der Waals surface area contributed by atoms with Crippen LogP contribution in [0, 0.1) is 17.5 Å². The molecule has 2 aromatic carbocycles. The molecule has 2 N–H and O–H groups in total. The third-order valence-corrected chi connectivity index (χ3v) is 6.21. The van der Waals surface area contributed by atoms with Gasteiger partial charge in [-0.25, -0.2) is 31.3 Å². The van der Waals surface area contributed by atoms with Gasteiger partial charge in [0.2, 0.25) is 5.16 Å². The molecule has 0 unspecified atom stereocenters. The second kappa shape index (κ2) is 7.62. The molecule has 10 heteroatoms. The van der Waals surface area contributed by atoms with Crippen molar-refractivity contribution in [2.75, 3.05) is 6.54 Å². The maximum Gasteiger partial charge on any atom is 0.274 e. The number of hydrogen-bond acceptors (Lipinski definition) is 3. The molecule has 0 fully saturated rings. The fraction of sp³-hybridized carbons (Fsp3) is 0.150. The molecule has 4 rings (SSSR count). The quantitative estimate of drug-likeness (QED) is 0.488. The van der Waals surface area contributed by atoms with Crippen molar-refractivity contribution in [1.29, 1.82) is 0 Å². The third-order valence-electron chi connectivity index (χ3n) is 4.75. The van der Waals surface area contributed by atoms with Crippen LogP contribution in [0.1, 0.15) is 5.56 Å². The molecular formula is C20H17F3N4O2S. The number of halogens is 3. The molecule has 4 aromatic rings. The Kier molecular flexibility index (Phi) is 5.12. The summed E-state index contributed by atoms with van der Waals surface area (Å²) in [4.78, 5) is 6.74. The molecule has 2 heterocycles. The van der Waals surface area contributed by atoms with Gasteiger partial charge >= 0.3 is 0 Å². The van der Waals surface area contributed by atoms with Gasteiger partial charge in [-0.3, -0.25) is 0 Å². The van der Waals surface area contributed by atoms with Crippen molar-refractivity contribution < 1.29 is 21.6 Å². The van der Waals surface area contributed by atoms with Crippen LogP contribution in [0.15, 0.2) is 53.9 Å². The van der Waals surface area contributed by atoms with Crippen LogP contribution in [-0.4, -0.2) is 29.5 Å². The Morgan fingerprint density at radius 1 is 1.10 bits per heavy atom. The molecule has 6 nitrogen and oxygen atoms in total. The first-order valence-corrected chi connectivity index (χ1v) is 10.5. The maximum atomic E-state index is 14.3. The Hall–Kier alpha value is -3.11. The molecule has 0 aliphatic heterocycles. The lowest BCUT2D eigenvalue weighted by Gasteiger charge is -2.08. The molecule has 2 aromatic heterocycles. The first kappa shape index (κ1) is 20.2. The van der Waals surface area contributed by atoms with Gasteiger partial charge in [0, 0.05) is 43.1 Å². The van der Waals surface area contributed by atoms with Crippen molar-refractivity contribution in [3.8, 4) is 11.3 Å². The predicted octanol–water partition coefficient (Wildman–Crippen LogP) is 3.51. The van der Waals surface area contributed by atoms with E-state index in [4.69, 9.17) is 0 Å². The van der Waals surface area contributed by atoms with Crippen molar-refractivity contribution in [3.05, 3.63) is 71.8 Å². The summed E-state index contributed by atoms with van der Waals surface area (Å²) in [7, 11) is -2.30. The standard InChI is InChI=1S/C20H17F3N4O2S/c1-27-9-8-24-20(27)30(28,29)25-7-6-15-16-10-14(22)11-17(23)19(16)26-18(15)12-2-4-13(21)5-3-12/h2-5,8-11,25-26H,6-7H2,1H3. The summed E-state index contributed by atoms with van der Waals surface area (Å²) < 4.78 is 70.2. The smallest absolute Gasteiger partial charge is 0.274 e. The van der Waals surface area contributed by atoms with E-state index in [1.807, 2.05) is 0 Å². The molecule has 0 radical (unpaired) electrons. The first-order chi connectivity index (χ1) is 14.3. The number of aromatic nitrogens is 3. The van der Waals surface area contributed by atoms with E-state index in [-0.39, 0.29) is 23.6 Å². The van der Waals surface area contributed by atoms with E-state index in [9.17, 15) is 21.6 Å². The first-order valence-electron chi connectivity index (χ1n) is 8.99. The summed E-state index contributed by atoms with van der Waals surface area (Å²) in [6.45, 7) is -0.0333. The second-order valence-corrected chi connectivity index (χ2v) is 8.42. The number of hydrogen-bond donors (Lipinski definition) is 2. The third kappa shape index (κ3) is 3.71. The summed E-state index contributed by atoms with van der Waals surface area (Å²) in [6.07, 6.45) is 3.01. The highest BCUT2D eigenvalue weighted by molar-refractivity contribution is 7.89. The van der Waals surface area contributed by atoms with Crippen LogP contribution in [0.5, 0.6) is 0 Å². The number of nitrogens with zero attached hydrogens (tertiary/aromatic N) is 2. The average molecular weight is 434 g/mol. The number of imidazole rings is 1. The number of benzene rings is 2. The number of nitrogens with one attached hydrogen (secondary N) is 2. The van der Waals surface area contributed by atoms with Crippen LogP contribution in [-0.2, 0) is 23.5 Å². The Balaban J connectivity index is 1.71. The number of rotatable bonds is 6. The van der Waals surface area contributed by atoms with E-state index >= 15 is 0 Å². The molecular weight excluding hydrogens is 417 g/mol. The molecule has 0 saturated heterocycles. The number of sulfonamides is 1. The van der Waals surface area contributed by atoms with E-state index in [0.29, 0.717) is 22.2 Å². The van der Waals surface area contributed by atoms with Crippen LogP contribution in [0.4, 0.5) is 13.2 Å². The Labute approximate surface area is 170 Å². The van der Waals surface area contributed by atoms with Gasteiger partial charge in [-0.15, -0.1) is 0 Å². The second-order valence-electron chi connectivity index (χ2n) is 6.76. The fourth-order valence-corrected chi connectivity index (χ4v) is 4.52. The fourth-order valence-electron chi connectivity index (χ4n) is 3.38. The largest absolute Gasteiger partial charge is 0.352 e. The molecule has 0 aliphatic carbocycles. The van der Waals surface area contributed by atoms with E-state index in [1.165, 1.54) is 47.3 Å². The van der Waals surface area contributed by atoms with Crippen molar-refractivity contribution in [2.24, 2.45) is 7.05 Å². The average Bonchev–Trinajstić information content (AvgIpc) is 3.27. The van der Waals surface area contributed by atoms with Gasteiger partial charge < -0.3 is 9.55 Å². The SMILES string of the molecule is Cn1ccnc1S(=O)(=O)NCCc1c(-c2ccc(F)cc2)[nH]c2c(F)cc(F)cc12. The van der Waals surface area contributed by atoms with E-state index < -0.39 is 27.5 Å². The lowest BCUT2D eigenvalue weighted by molar-refractivity contribution is 0.564. The lowest BCUT2D eigenvalue weighted by atomic mass is 10.0. The van der Waals surface area contributed by atoms with E-state index in [2.05, 4.69) is 14.7 Å². The maximum absolute atomic E-state index is 14.3. The van der Waals surface area contributed by atoms with Crippen LogP contribution in [0.2, 0.25) is 0 Å². The highest BCUT2D eigenvalue weighted by Gasteiger charge is 2.21. The van der Waals surface area contributed by atoms with Crippen molar-refractivity contribution >= 4 is 20.9 Å². The van der Waals surface area contributed by atoms with E-state index in [0.717, 1.165) is 6.07 Å². The summed E-state index contributed by atoms with van der Waals surface area (Å²) in [5.41, 5.74) is 1.63. The zero-order valence-electron chi connectivity index (χ0n) is 15.8.